The summed E-state index contributed by atoms with van der Waals surface area (Å²) in [5, 5.41) is 0.513. The molecule has 2 heterocycles. The second kappa shape index (κ2) is 9.20. The van der Waals surface area contributed by atoms with Gasteiger partial charge in [0, 0.05) is 25.2 Å². The van der Waals surface area contributed by atoms with Crippen molar-refractivity contribution in [2.24, 2.45) is 0 Å². The van der Waals surface area contributed by atoms with E-state index in [1.165, 1.54) is 4.90 Å². The number of amides is 3. The van der Waals surface area contributed by atoms with Crippen LogP contribution in [0.25, 0.3) is 11.1 Å². The maximum absolute atomic E-state index is 13.4. The van der Waals surface area contributed by atoms with Crippen LogP contribution in [0.5, 0.6) is 0 Å². The standard InChI is InChI=1S/C29H24N2O6/c32-26-13-14-27(33)31(26)37-28(34)25-15-18-7-1-2-8-19(18)16-30(25)29(35)36-17-24-22-11-5-3-9-20(22)21-10-4-6-12-23(21)24/h1-12,24-25H,13-17H2/t25-/m0/s1. The fourth-order valence-corrected chi connectivity index (χ4v) is 5.41. The average Bonchev–Trinajstić information content (AvgIpc) is 3.42. The molecule has 1 fully saturated rings. The minimum absolute atomic E-state index is 0.00426. The van der Waals surface area contributed by atoms with Crippen LogP contribution in [-0.2, 0) is 36.9 Å². The van der Waals surface area contributed by atoms with Crippen LogP contribution in [0, 0.1) is 0 Å². The van der Waals surface area contributed by atoms with E-state index in [0.29, 0.717) is 5.06 Å². The van der Waals surface area contributed by atoms with Crippen LogP contribution >= 0.6 is 0 Å². The predicted molar refractivity (Wildman–Crippen MR) is 132 cm³/mol. The molecule has 3 aromatic rings. The minimum atomic E-state index is -1.04. The van der Waals surface area contributed by atoms with E-state index in [4.69, 9.17) is 9.57 Å². The fourth-order valence-electron chi connectivity index (χ4n) is 5.41. The van der Waals surface area contributed by atoms with Crippen molar-refractivity contribution >= 4 is 23.9 Å². The summed E-state index contributed by atoms with van der Waals surface area (Å²) in [6, 6.07) is 22.6. The van der Waals surface area contributed by atoms with Crippen molar-refractivity contribution < 1.29 is 28.8 Å². The lowest BCUT2D eigenvalue weighted by molar-refractivity contribution is -0.201. The largest absolute Gasteiger partial charge is 0.448 e. The van der Waals surface area contributed by atoms with Gasteiger partial charge in [0.15, 0.2) is 0 Å². The third kappa shape index (κ3) is 4.04. The Labute approximate surface area is 213 Å². The Morgan fingerprint density at radius 2 is 1.35 bits per heavy atom. The Kier molecular flexibility index (Phi) is 5.71. The summed E-state index contributed by atoms with van der Waals surface area (Å²) < 4.78 is 5.82. The van der Waals surface area contributed by atoms with Crippen molar-refractivity contribution in [3.63, 3.8) is 0 Å². The number of hydroxylamine groups is 2. The third-order valence-electron chi connectivity index (χ3n) is 7.28. The maximum atomic E-state index is 13.4. The summed E-state index contributed by atoms with van der Waals surface area (Å²) in [7, 11) is 0. The van der Waals surface area contributed by atoms with Gasteiger partial charge in [-0.25, -0.2) is 9.59 Å². The second-order valence-electron chi connectivity index (χ2n) is 9.41. The van der Waals surface area contributed by atoms with E-state index in [2.05, 4.69) is 12.1 Å². The van der Waals surface area contributed by atoms with Crippen molar-refractivity contribution in [2.75, 3.05) is 6.61 Å². The normalized spacial score (nSPS) is 18.3. The monoisotopic (exact) mass is 496 g/mol. The molecular formula is C29H24N2O6. The number of hydrogen-bond acceptors (Lipinski definition) is 6. The first kappa shape index (κ1) is 23.0. The van der Waals surface area contributed by atoms with E-state index < -0.39 is 29.9 Å². The van der Waals surface area contributed by atoms with Crippen LogP contribution < -0.4 is 0 Å². The molecule has 1 atom stereocenters. The number of carbonyl (C=O) groups is 4. The topological polar surface area (TPSA) is 93.2 Å². The molecule has 3 amide bonds. The Morgan fingerprint density at radius 3 is 2.00 bits per heavy atom. The zero-order valence-corrected chi connectivity index (χ0v) is 20.0. The molecule has 8 heteroatoms. The number of rotatable bonds is 4. The summed E-state index contributed by atoms with van der Waals surface area (Å²) >= 11 is 0. The van der Waals surface area contributed by atoms with Gasteiger partial charge in [0.1, 0.15) is 12.6 Å². The molecule has 3 aliphatic rings. The number of fused-ring (bicyclic) bond motifs is 4. The van der Waals surface area contributed by atoms with Crippen molar-refractivity contribution in [1.29, 1.82) is 0 Å². The van der Waals surface area contributed by atoms with Crippen LogP contribution in [0.2, 0.25) is 0 Å². The third-order valence-corrected chi connectivity index (χ3v) is 7.28. The summed E-state index contributed by atoms with van der Waals surface area (Å²) in [6.45, 7) is 0.254. The van der Waals surface area contributed by atoms with Crippen molar-refractivity contribution in [3.8, 4) is 11.1 Å². The van der Waals surface area contributed by atoms with Gasteiger partial charge in [-0.2, -0.15) is 0 Å². The van der Waals surface area contributed by atoms with E-state index in [9.17, 15) is 19.2 Å². The molecule has 1 saturated heterocycles. The van der Waals surface area contributed by atoms with E-state index >= 15 is 0 Å². The van der Waals surface area contributed by atoms with Gasteiger partial charge in [0.25, 0.3) is 11.8 Å². The van der Waals surface area contributed by atoms with Gasteiger partial charge in [-0.1, -0.05) is 72.8 Å². The molecule has 8 nitrogen and oxygen atoms in total. The second-order valence-corrected chi connectivity index (χ2v) is 9.41. The maximum Gasteiger partial charge on any atom is 0.410 e. The molecule has 0 N–H and O–H groups in total. The van der Waals surface area contributed by atoms with E-state index in [1.54, 1.807) is 0 Å². The number of benzene rings is 3. The van der Waals surface area contributed by atoms with Gasteiger partial charge in [0.2, 0.25) is 0 Å². The van der Waals surface area contributed by atoms with Crippen LogP contribution in [0.15, 0.2) is 72.8 Å². The highest BCUT2D eigenvalue weighted by molar-refractivity contribution is 6.02. The highest BCUT2D eigenvalue weighted by Gasteiger charge is 2.41. The van der Waals surface area contributed by atoms with Gasteiger partial charge in [-0.05, 0) is 33.4 Å². The van der Waals surface area contributed by atoms with Crippen molar-refractivity contribution in [3.05, 3.63) is 95.1 Å². The van der Waals surface area contributed by atoms with Crippen LogP contribution in [0.4, 0.5) is 4.79 Å². The number of nitrogens with zero attached hydrogens (tertiary/aromatic N) is 2. The molecule has 1 aliphatic carbocycles. The first-order chi connectivity index (χ1) is 18.0. The molecule has 0 saturated carbocycles. The summed E-state index contributed by atoms with van der Waals surface area (Å²) in [4.78, 5) is 57.0. The number of imide groups is 1. The van der Waals surface area contributed by atoms with Gasteiger partial charge in [0.05, 0.1) is 6.54 Å². The lowest BCUT2D eigenvalue weighted by Crippen LogP contribution is -2.51. The smallest absolute Gasteiger partial charge is 0.410 e. The summed E-state index contributed by atoms with van der Waals surface area (Å²) in [6.07, 6.45) is -0.474. The van der Waals surface area contributed by atoms with E-state index in [1.807, 2.05) is 60.7 Å². The first-order valence-corrected chi connectivity index (χ1v) is 12.3. The van der Waals surface area contributed by atoms with Crippen LogP contribution in [0.1, 0.15) is 41.0 Å². The molecule has 37 heavy (non-hydrogen) atoms. The van der Waals surface area contributed by atoms with Crippen molar-refractivity contribution in [1.82, 2.24) is 9.96 Å². The highest BCUT2D eigenvalue weighted by atomic mass is 16.7. The van der Waals surface area contributed by atoms with Gasteiger partial charge in [-0.15, -0.1) is 5.06 Å². The number of ether oxygens (including phenoxy) is 1. The molecule has 0 bridgehead atoms. The van der Waals surface area contributed by atoms with Crippen LogP contribution in [0.3, 0.4) is 0 Å². The molecular weight excluding hydrogens is 472 g/mol. The molecule has 0 aromatic heterocycles. The first-order valence-electron chi connectivity index (χ1n) is 12.3. The Balaban J connectivity index is 1.23. The fraction of sp³-hybridized carbons (Fsp3) is 0.241. The van der Waals surface area contributed by atoms with Crippen LogP contribution in [-0.4, -0.2) is 46.5 Å². The van der Waals surface area contributed by atoms with E-state index in [0.717, 1.165) is 33.4 Å². The molecule has 2 aliphatic heterocycles. The average molecular weight is 497 g/mol. The predicted octanol–water partition coefficient (Wildman–Crippen LogP) is 3.97. The van der Waals surface area contributed by atoms with Gasteiger partial charge in [-0.3, -0.25) is 14.5 Å². The highest BCUT2D eigenvalue weighted by Crippen LogP contribution is 2.44. The molecule has 0 spiro atoms. The molecule has 6 rings (SSSR count). The Morgan fingerprint density at radius 1 is 0.784 bits per heavy atom. The zero-order chi connectivity index (χ0) is 25.5. The quantitative estimate of drug-likeness (QED) is 0.508. The summed E-state index contributed by atoms with van der Waals surface area (Å²) in [5.74, 6) is -2.10. The number of carbonyl (C=O) groups excluding carboxylic acids is 4. The molecule has 186 valence electrons. The minimum Gasteiger partial charge on any atom is -0.448 e. The Bertz CT molecular complexity index is 1370. The molecule has 0 unspecified atom stereocenters. The SMILES string of the molecule is O=C(ON1C(=O)CCC1=O)[C@@H]1Cc2ccccc2CN1C(=O)OCC1c2ccccc2-c2ccccc21. The molecule has 3 aromatic carbocycles. The lowest BCUT2D eigenvalue weighted by atomic mass is 9.94. The lowest BCUT2D eigenvalue weighted by Gasteiger charge is -2.35. The zero-order valence-electron chi connectivity index (χ0n) is 20.0. The van der Waals surface area contributed by atoms with E-state index in [-0.39, 0.29) is 38.3 Å². The number of hydrogen-bond donors (Lipinski definition) is 0. The van der Waals surface area contributed by atoms with Gasteiger partial charge >= 0.3 is 12.1 Å². The van der Waals surface area contributed by atoms with Gasteiger partial charge < -0.3 is 9.57 Å². The summed E-state index contributed by atoms with van der Waals surface area (Å²) in [5.41, 5.74) is 6.20. The van der Waals surface area contributed by atoms with Crippen molar-refractivity contribution in [2.45, 2.75) is 37.8 Å². The Hall–Kier alpha value is -4.46. The molecule has 0 radical (unpaired) electrons.